The van der Waals surface area contributed by atoms with Crippen LogP contribution < -0.4 is 10.6 Å². The predicted molar refractivity (Wildman–Crippen MR) is 55.0 cm³/mol. The van der Waals surface area contributed by atoms with Gasteiger partial charge in [0, 0.05) is 12.4 Å². The summed E-state index contributed by atoms with van der Waals surface area (Å²) >= 11 is 0. The number of rotatable bonds is 5. The van der Waals surface area contributed by atoms with Gasteiger partial charge in [0.1, 0.15) is 12.2 Å². The van der Waals surface area contributed by atoms with E-state index in [-0.39, 0.29) is 12.2 Å². The molecule has 1 heterocycles. The Morgan fingerprint density at radius 1 is 1.18 bits per heavy atom. The number of carboxylic acid groups (broad SMARTS) is 1. The van der Waals surface area contributed by atoms with Crippen LogP contribution in [0, 0.1) is 0 Å². The van der Waals surface area contributed by atoms with E-state index in [0.29, 0.717) is 0 Å². The largest absolute Gasteiger partial charge is 0.480 e. The van der Waals surface area contributed by atoms with Crippen LogP contribution in [0.1, 0.15) is 10.5 Å². The van der Waals surface area contributed by atoms with Crippen LogP contribution in [0.2, 0.25) is 0 Å². The standard InChI is InChI=1S/C9H10N4O4/c14-7(12-5-8(15)16)4-13-9(17)6-3-10-1-2-11-6/h1-3H,4-5H2,(H,12,14)(H,13,17)(H,15,16). The summed E-state index contributed by atoms with van der Waals surface area (Å²) in [5.74, 6) is -2.30. The smallest absolute Gasteiger partial charge is 0.322 e. The van der Waals surface area contributed by atoms with Gasteiger partial charge in [0.15, 0.2) is 0 Å². The predicted octanol–water partition coefficient (Wildman–Crippen LogP) is -1.59. The molecule has 8 heteroatoms. The Morgan fingerprint density at radius 2 is 1.94 bits per heavy atom. The third-order valence-corrected chi connectivity index (χ3v) is 1.64. The molecule has 3 N–H and O–H groups in total. The fourth-order valence-electron chi connectivity index (χ4n) is 0.904. The van der Waals surface area contributed by atoms with Crippen LogP contribution in [-0.4, -0.2) is 45.9 Å². The minimum atomic E-state index is -1.15. The van der Waals surface area contributed by atoms with Gasteiger partial charge in [0.05, 0.1) is 12.7 Å². The average molecular weight is 238 g/mol. The molecule has 0 fully saturated rings. The Hall–Kier alpha value is -2.51. The first kappa shape index (κ1) is 12.6. The van der Waals surface area contributed by atoms with E-state index in [1.54, 1.807) is 0 Å². The molecule has 0 unspecified atom stereocenters. The van der Waals surface area contributed by atoms with Crippen molar-refractivity contribution in [1.82, 2.24) is 20.6 Å². The zero-order chi connectivity index (χ0) is 12.7. The minimum absolute atomic E-state index is 0.0820. The van der Waals surface area contributed by atoms with E-state index >= 15 is 0 Å². The lowest BCUT2D eigenvalue weighted by Gasteiger charge is -2.04. The summed E-state index contributed by atoms with van der Waals surface area (Å²) in [6.45, 7) is -0.803. The lowest BCUT2D eigenvalue weighted by molar-refractivity contribution is -0.137. The van der Waals surface area contributed by atoms with Crippen LogP contribution in [-0.2, 0) is 9.59 Å². The van der Waals surface area contributed by atoms with E-state index in [1.165, 1.54) is 18.6 Å². The van der Waals surface area contributed by atoms with Crippen molar-refractivity contribution < 1.29 is 19.5 Å². The van der Waals surface area contributed by atoms with E-state index in [9.17, 15) is 14.4 Å². The van der Waals surface area contributed by atoms with Crippen molar-refractivity contribution in [3.8, 4) is 0 Å². The molecule has 0 aliphatic heterocycles. The summed E-state index contributed by atoms with van der Waals surface area (Å²) < 4.78 is 0. The van der Waals surface area contributed by atoms with Crippen LogP contribution >= 0.6 is 0 Å². The Labute approximate surface area is 96.1 Å². The number of carbonyl (C=O) groups excluding carboxylic acids is 2. The third-order valence-electron chi connectivity index (χ3n) is 1.64. The van der Waals surface area contributed by atoms with E-state index < -0.39 is 24.3 Å². The summed E-state index contributed by atoms with van der Waals surface area (Å²) in [5.41, 5.74) is 0.0820. The highest BCUT2D eigenvalue weighted by Crippen LogP contribution is 1.88. The van der Waals surface area contributed by atoms with Crippen molar-refractivity contribution in [2.24, 2.45) is 0 Å². The fourth-order valence-corrected chi connectivity index (χ4v) is 0.904. The van der Waals surface area contributed by atoms with Gasteiger partial charge >= 0.3 is 5.97 Å². The maximum absolute atomic E-state index is 11.4. The molecule has 0 saturated carbocycles. The Bertz CT molecular complexity index is 420. The van der Waals surface area contributed by atoms with Gasteiger partial charge in [-0.25, -0.2) is 4.98 Å². The number of hydrogen-bond acceptors (Lipinski definition) is 5. The molecule has 17 heavy (non-hydrogen) atoms. The molecule has 0 aliphatic carbocycles. The zero-order valence-corrected chi connectivity index (χ0v) is 8.71. The normalized spacial score (nSPS) is 9.41. The number of nitrogens with one attached hydrogen (secondary N) is 2. The number of hydrogen-bond donors (Lipinski definition) is 3. The van der Waals surface area contributed by atoms with Crippen molar-refractivity contribution in [2.75, 3.05) is 13.1 Å². The molecule has 0 saturated heterocycles. The van der Waals surface area contributed by atoms with Gasteiger partial charge in [-0.2, -0.15) is 0 Å². The summed E-state index contributed by atoms with van der Waals surface area (Å²) in [7, 11) is 0. The lowest BCUT2D eigenvalue weighted by atomic mass is 10.4. The molecular weight excluding hydrogens is 228 g/mol. The number of aromatic nitrogens is 2. The number of aliphatic carboxylic acids is 1. The molecule has 0 aromatic carbocycles. The molecule has 1 aromatic rings. The van der Waals surface area contributed by atoms with Crippen molar-refractivity contribution in [3.63, 3.8) is 0 Å². The van der Waals surface area contributed by atoms with Gasteiger partial charge in [-0.1, -0.05) is 0 Å². The Kier molecular flexibility index (Phi) is 4.55. The highest BCUT2D eigenvalue weighted by Gasteiger charge is 2.09. The number of nitrogens with zero attached hydrogens (tertiary/aromatic N) is 2. The van der Waals surface area contributed by atoms with Gasteiger partial charge in [-0.05, 0) is 0 Å². The summed E-state index contributed by atoms with van der Waals surface area (Å²) in [4.78, 5) is 40.0. The van der Waals surface area contributed by atoms with Crippen LogP contribution in [0.25, 0.3) is 0 Å². The lowest BCUT2D eigenvalue weighted by Crippen LogP contribution is -2.39. The number of amides is 2. The second kappa shape index (κ2) is 6.16. The summed E-state index contributed by atoms with van der Waals surface area (Å²) in [6, 6.07) is 0. The van der Waals surface area contributed by atoms with Gasteiger partial charge in [-0.3, -0.25) is 19.4 Å². The first-order valence-corrected chi connectivity index (χ1v) is 4.62. The van der Waals surface area contributed by atoms with Gasteiger partial charge < -0.3 is 15.7 Å². The molecule has 1 rings (SSSR count). The molecular formula is C9H10N4O4. The molecule has 90 valence electrons. The SMILES string of the molecule is O=C(O)CNC(=O)CNC(=O)c1cnccn1. The van der Waals surface area contributed by atoms with Crippen molar-refractivity contribution in [1.29, 1.82) is 0 Å². The molecule has 0 radical (unpaired) electrons. The highest BCUT2D eigenvalue weighted by molar-refractivity contribution is 5.94. The average Bonchev–Trinajstić information content (AvgIpc) is 2.34. The Balaban J connectivity index is 2.34. The molecule has 0 bridgehead atoms. The van der Waals surface area contributed by atoms with E-state index in [4.69, 9.17) is 5.11 Å². The third kappa shape index (κ3) is 4.69. The second-order valence-corrected chi connectivity index (χ2v) is 2.94. The van der Waals surface area contributed by atoms with Crippen LogP contribution in [0.5, 0.6) is 0 Å². The second-order valence-electron chi connectivity index (χ2n) is 2.94. The van der Waals surface area contributed by atoms with E-state index in [2.05, 4.69) is 20.6 Å². The number of carbonyl (C=O) groups is 3. The zero-order valence-electron chi connectivity index (χ0n) is 8.71. The van der Waals surface area contributed by atoms with Gasteiger partial charge in [0.2, 0.25) is 5.91 Å². The molecule has 1 aromatic heterocycles. The van der Waals surface area contributed by atoms with Gasteiger partial charge in [-0.15, -0.1) is 0 Å². The fraction of sp³-hybridized carbons (Fsp3) is 0.222. The van der Waals surface area contributed by atoms with E-state index in [1.807, 2.05) is 0 Å². The van der Waals surface area contributed by atoms with Crippen molar-refractivity contribution in [3.05, 3.63) is 24.3 Å². The molecule has 2 amide bonds. The minimum Gasteiger partial charge on any atom is -0.480 e. The first-order chi connectivity index (χ1) is 8.09. The van der Waals surface area contributed by atoms with Crippen LogP contribution in [0.15, 0.2) is 18.6 Å². The van der Waals surface area contributed by atoms with Crippen molar-refractivity contribution >= 4 is 17.8 Å². The topological polar surface area (TPSA) is 121 Å². The summed E-state index contributed by atoms with van der Waals surface area (Å²) in [6.07, 6.45) is 4.01. The molecule has 8 nitrogen and oxygen atoms in total. The van der Waals surface area contributed by atoms with Crippen molar-refractivity contribution in [2.45, 2.75) is 0 Å². The Morgan fingerprint density at radius 3 is 2.53 bits per heavy atom. The highest BCUT2D eigenvalue weighted by atomic mass is 16.4. The van der Waals surface area contributed by atoms with E-state index in [0.717, 1.165) is 0 Å². The molecule has 0 atom stereocenters. The monoisotopic (exact) mass is 238 g/mol. The maximum Gasteiger partial charge on any atom is 0.322 e. The molecule has 0 aliphatic rings. The quantitative estimate of drug-likeness (QED) is 0.568. The van der Waals surface area contributed by atoms with Crippen LogP contribution in [0.4, 0.5) is 0 Å². The van der Waals surface area contributed by atoms with Gasteiger partial charge in [0.25, 0.3) is 5.91 Å². The molecule has 0 spiro atoms. The summed E-state index contributed by atoms with van der Waals surface area (Å²) in [5, 5.41) is 12.7. The van der Waals surface area contributed by atoms with Crippen LogP contribution in [0.3, 0.4) is 0 Å². The first-order valence-electron chi connectivity index (χ1n) is 4.62. The number of carboxylic acids is 1. The maximum atomic E-state index is 11.4.